The van der Waals surface area contributed by atoms with Crippen LogP contribution in [0.4, 0.5) is 5.82 Å². The second-order valence-corrected chi connectivity index (χ2v) is 5.49. The van der Waals surface area contributed by atoms with Crippen LogP contribution in [0.5, 0.6) is 5.75 Å². The molecule has 0 atom stereocenters. The van der Waals surface area contributed by atoms with Crippen molar-refractivity contribution in [1.82, 2.24) is 19.7 Å². The first-order valence-electron chi connectivity index (χ1n) is 7.55. The largest absolute Gasteiger partial charge is 0.507 e. The summed E-state index contributed by atoms with van der Waals surface area (Å²) >= 11 is 0. The number of hydrogen-bond acceptors (Lipinski definition) is 6. The van der Waals surface area contributed by atoms with Crippen molar-refractivity contribution in [3.8, 4) is 17.1 Å². The highest BCUT2D eigenvalue weighted by atomic mass is 16.5. The number of anilines is 1. The normalized spacial score (nSPS) is 15.3. The standard InChI is InChI=1S/C16H17N5O2/c1-20-15-12(10-17-20)16(21-6-8-23-9-7-21)19-14(18-15)11-4-2-3-5-13(11)22/h2-5,10,22H,6-9H2,1H3. The van der Waals surface area contributed by atoms with Gasteiger partial charge in [-0.2, -0.15) is 5.10 Å². The van der Waals surface area contributed by atoms with E-state index in [2.05, 4.69) is 15.0 Å². The molecule has 1 aromatic carbocycles. The van der Waals surface area contributed by atoms with Crippen molar-refractivity contribution in [2.24, 2.45) is 7.05 Å². The van der Waals surface area contributed by atoms with Crippen LogP contribution >= 0.6 is 0 Å². The fraction of sp³-hybridized carbons (Fsp3) is 0.312. The Labute approximate surface area is 133 Å². The molecule has 1 aliphatic heterocycles. The Morgan fingerprint density at radius 2 is 1.91 bits per heavy atom. The van der Waals surface area contributed by atoms with Gasteiger partial charge in [-0.25, -0.2) is 9.97 Å². The van der Waals surface area contributed by atoms with Crippen LogP contribution in [0.1, 0.15) is 0 Å². The lowest BCUT2D eigenvalue weighted by Gasteiger charge is -2.28. The molecular formula is C16H17N5O2. The van der Waals surface area contributed by atoms with Gasteiger partial charge in [0, 0.05) is 20.1 Å². The van der Waals surface area contributed by atoms with Crippen LogP contribution in [0.25, 0.3) is 22.4 Å². The van der Waals surface area contributed by atoms with Gasteiger partial charge in [-0.1, -0.05) is 12.1 Å². The van der Waals surface area contributed by atoms with Crippen molar-refractivity contribution >= 4 is 16.9 Å². The molecule has 118 valence electrons. The van der Waals surface area contributed by atoms with Crippen molar-refractivity contribution in [2.75, 3.05) is 31.2 Å². The van der Waals surface area contributed by atoms with Crippen LogP contribution in [0.15, 0.2) is 30.5 Å². The van der Waals surface area contributed by atoms with Crippen LogP contribution < -0.4 is 4.90 Å². The van der Waals surface area contributed by atoms with Crippen molar-refractivity contribution in [3.05, 3.63) is 30.5 Å². The molecule has 1 fully saturated rings. The molecular weight excluding hydrogens is 294 g/mol. The third-order valence-corrected chi connectivity index (χ3v) is 4.03. The summed E-state index contributed by atoms with van der Waals surface area (Å²) in [7, 11) is 1.85. The Morgan fingerprint density at radius 1 is 1.13 bits per heavy atom. The van der Waals surface area contributed by atoms with Gasteiger partial charge in [-0.15, -0.1) is 0 Å². The molecule has 7 nitrogen and oxygen atoms in total. The van der Waals surface area contributed by atoms with Crippen molar-refractivity contribution < 1.29 is 9.84 Å². The first-order valence-corrected chi connectivity index (χ1v) is 7.55. The summed E-state index contributed by atoms with van der Waals surface area (Å²) in [5.41, 5.74) is 1.37. The Bertz CT molecular complexity index is 855. The van der Waals surface area contributed by atoms with Gasteiger partial charge in [0.15, 0.2) is 11.5 Å². The van der Waals surface area contributed by atoms with E-state index in [1.807, 2.05) is 19.2 Å². The van der Waals surface area contributed by atoms with Crippen LogP contribution in [0.3, 0.4) is 0 Å². The predicted molar refractivity (Wildman–Crippen MR) is 86.4 cm³/mol. The third kappa shape index (κ3) is 2.39. The lowest BCUT2D eigenvalue weighted by Crippen LogP contribution is -2.37. The maximum absolute atomic E-state index is 10.1. The molecule has 1 aliphatic rings. The molecule has 0 saturated carbocycles. The van der Waals surface area contributed by atoms with Gasteiger partial charge in [-0.3, -0.25) is 4.68 Å². The molecule has 3 heterocycles. The number of nitrogens with zero attached hydrogens (tertiary/aromatic N) is 5. The molecule has 0 spiro atoms. The Balaban J connectivity index is 1.92. The maximum Gasteiger partial charge on any atom is 0.167 e. The lowest BCUT2D eigenvalue weighted by atomic mass is 10.2. The Kier molecular flexibility index (Phi) is 3.34. The number of rotatable bonds is 2. The van der Waals surface area contributed by atoms with E-state index in [4.69, 9.17) is 9.72 Å². The highest BCUT2D eigenvalue weighted by Gasteiger charge is 2.20. The van der Waals surface area contributed by atoms with Crippen LogP contribution in [0.2, 0.25) is 0 Å². The number of aromatic nitrogens is 4. The fourth-order valence-corrected chi connectivity index (χ4v) is 2.81. The Hall–Kier alpha value is -2.67. The fourth-order valence-electron chi connectivity index (χ4n) is 2.81. The first kappa shape index (κ1) is 14.0. The number of phenols is 1. The zero-order valence-corrected chi connectivity index (χ0v) is 12.8. The van der Waals surface area contributed by atoms with E-state index in [-0.39, 0.29) is 5.75 Å². The molecule has 0 amide bonds. The SMILES string of the molecule is Cn1ncc2c(N3CCOCC3)nc(-c3ccccc3O)nc21. The zero-order valence-electron chi connectivity index (χ0n) is 12.8. The van der Waals surface area contributed by atoms with E-state index in [0.717, 1.165) is 29.9 Å². The molecule has 0 unspecified atom stereocenters. The maximum atomic E-state index is 10.1. The van der Waals surface area contributed by atoms with Gasteiger partial charge >= 0.3 is 0 Å². The van der Waals surface area contributed by atoms with Gasteiger partial charge in [0.2, 0.25) is 0 Å². The summed E-state index contributed by atoms with van der Waals surface area (Å²) in [5.74, 6) is 1.51. The van der Waals surface area contributed by atoms with E-state index in [9.17, 15) is 5.11 Å². The van der Waals surface area contributed by atoms with Crippen LogP contribution in [0, 0.1) is 0 Å². The molecule has 4 rings (SSSR count). The molecule has 7 heteroatoms. The number of ether oxygens (including phenoxy) is 1. The smallest absolute Gasteiger partial charge is 0.167 e. The van der Waals surface area contributed by atoms with Crippen molar-refractivity contribution in [2.45, 2.75) is 0 Å². The molecule has 1 N–H and O–H groups in total. The summed E-state index contributed by atoms with van der Waals surface area (Å²) in [6, 6.07) is 7.10. The van der Waals surface area contributed by atoms with Crippen molar-refractivity contribution in [1.29, 1.82) is 0 Å². The quantitative estimate of drug-likeness (QED) is 0.774. The third-order valence-electron chi connectivity index (χ3n) is 4.03. The number of benzene rings is 1. The van der Waals surface area contributed by atoms with Gasteiger partial charge in [-0.05, 0) is 12.1 Å². The second-order valence-electron chi connectivity index (χ2n) is 5.49. The number of aryl methyl sites for hydroxylation is 1. The summed E-state index contributed by atoms with van der Waals surface area (Å²) in [6.45, 7) is 2.91. The average Bonchev–Trinajstić information content (AvgIpc) is 2.97. The number of fused-ring (bicyclic) bond motifs is 1. The first-order chi connectivity index (χ1) is 11.2. The average molecular weight is 311 g/mol. The molecule has 2 aromatic heterocycles. The summed E-state index contributed by atoms with van der Waals surface area (Å²) in [4.78, 5) is 11.5. The van der Waals surface area contributed by atoms with E-state index in [1.165, 1.54) is 0 Å². The highest BCUT2D eigenvalue weighted by molar-refractivity contribution is 5.89. The summed E-state index contributed by atoms with van der Waals surface area (Å²) < 4.78 is 7.15. The van der Waals surface area contributed by atoms with E-state index in [1.54, 1.807) is 23.0 Å². The van der Waals surface area contributed by atoms with Crippen LogP contribution in [-0.4, -0.2) is 51.2 Å². The minimum Gasteiger partial charge on any atom is -0.507 e. The number of phenolic OH excluding ortho intramolecular Hbond substituents is 1. The topological polar surface area (TPSA) is 76.3 Å². The predicted octanol–water partition coefficient (Wildman–Crippen LogP) is 1.57. The number of aromatic hydroxyl groups is 1. The highest BCUT2D eigenvalue weighted by Crippen LogP contribution is 2.31. The molecule has 3 aromatic rings. The minimum absolute atomic E-state index is 0.168. The number of morpholine rings is 1. The van der Waals surface area contributed by atoms with E-state index >= 15 is 0 Å². The van der Waals surface area contributed by atoms with E-state index < -0.39 is 0 Å². The van der Waals surface area contributed by atoms with Crippen molar-refractivity contribution in [3.63, 3.8) is 0 Å². The van der Waals surface area contributed by atoms with Gasteiger partial charge in [0.25, 0.3) is 0 Å². The lowest BCUT2D eigenvalue weighted by molar-refractivity contribution is 0.122. The number of hydrogen-bond donors (Lipinski definition) is 1. The molecule has 0 radical (unpaired) electrons. The second kappa shape index (κ2) is 5.51. The summed E-state index contributed by atoms with van der Waals surface area (Å²) in [6.07, 6.45) is 1.79. The van der Waals surface area contributed by atoms with E-state index in [0.29, 0.717) is 24.6 Å². The molecule has 1 saturated heterocycles. The number of para-hydroxylation sites is 1. The van der Waals surface area contributed by atoms with Gasteiger partial charge in [0.1, 0.15) is 11.6 Å². The zero-order chi connectivity index (χ0) is 15.8. The van der Waals surface area contributed by atoms with Gasteiger partial charge in [0.05, 0.1) is 30.4 Å². The van der Waals surface area contributed by atoms with Crippen LogP contribution in [-0.2, 0) is 11.8 Å². The monoisotopic (exact) mass is 311 g/mol. The molecule has 0 bridgehead atoms. The molecule has 23 heavy (non-hydrogen) atoms. The minimum atomic E-state index is 0.168. The Morgan fingerprint density at radius 3 is 2.70 bits per heavy atom. The van der Waals surface area contributed by atoms with Gasteiger partial charge < -0.3 is 14.7 Å². The summed E-state index contributed by atoms with van der Waals surface area (Å²) in [5, 5.41) is 15.3. The molecule has 0 aliphatic carbocycles.